The van der Waals surface area contributed by atoms with Crippen LogP contribution < -0.4 is 5.32 Å². The van der Waals surface area contributed by atoms with Gasteiger partial charge in [0.15, 0.2) is 0 Å². The summed E-state index contributed by atoms with van der Waals surface area (Å²) in [7, 11) is 1.00. The molecule has 16 heavy (non-hydrogen) atoms. The highest BCUT2D eigenvalue weighted by atomic mass is 16.2. The summed E-state index contributed by atoms with van der Waals surface area (Å²) in [5.41, 5.74) is 1.23. The standard InChI is InChI=1S/C13H21N.CH4O/c1-3-8-12(4-2)11-14-13-9-6-5-7-10-13;1-2/h3-4,8,13-14H,1-2,5-7,9-11H2;2H,1H3/b12-8+;. The summed E-state index contributed by atoms with van der Waals surface area (Å²) in [5, 5.41) is 10.6. The van der Waals surface area contributed by atoms with Gasteiger partial charge in [-0.05, 0) is 18.4 Å². The van der Waals surface area contributed by atoms with E-state index in [0.29, 0.717) is 0 Å². The number of aliphatic hydroxyl groups is 1. The predicted octanol–water partition coefficient (Wildman–Crippen LogP) is 2.82. The Labute approximate surface area is 99.8 Å². The summed E-state index contributed by atoms with van der Waals surface area (Å²) >= 11 is 0. The minimum atomic E-state index is 0.719. The topological polar surface area (TPSA) is 32.3 Å². The van der Waals surface area contributed by atoms with Crippen LogP contribution in [-0.4, -0.2) is 24.8 Å². The Morgan fingerprint density at radius 2 is 1.88 bits per heavy atom. The fourth-order valence-electron chi connectivity index (χ4n) is 1.92. The van der Waals surface area contributed by atoms with Crippen LogP contribution in [-0.2, 0) is 0 Å². The van der Waals surface area contributed by atoms with Crippen molar-refractivity contribution in [2.75, 3.05) is 13.7 Å². The fraction of sp³-hybridized carbons (Fsp3) is 0.571. The summed E-state index contributed by atoms with van der Waals surface area (Å²) in [6, 6.07) is 0.719. The Morgan fingerprint density at radius 3 is 2.38 bits per heavy atom. The summed E-state index contributed by atoms with van der Waals surface area (Å²) in [6.45, 7) is 8.41. The highest BCUT2D eigenvalue weighted by Crippen LogP contribution is 2.17. The van der Waals surface area contributed by atoms with Gasteiger partial charge in [-0.25, -0.2) is 0 Å². The Hall–Kier alpha value is -0.860. The lowest BCUT2D eigenvalue weighted by atomic mass is 9.95. The molecule has 0 amide bonds. The molecule has 0 heterocycles. The molecule has 0 aromatic carbocycles. The van der Waals surface area contributed by atoms with E-state index >= 15 is 0 Å². The Kier molecular flexibility index (Phi) is 10.1. The molecular formula is C14H25NO. The van der Waals surface area contributed by atoms with Crippen LogP contribution in [0.4, 0.5) is 0 Å². The van der Waals surface area contributed by atoms with E-state index in [4.69, 9.17) is 5.11 Å². The van der Waals surface area contributed by atoms with E-state index in [-0.39, 0.29) is 0 Å². The van der Waals surface area contributed by atoms with Gasteiger partial charge in [0.05, 0.1) is 0 Å². The molecule has 0 bridgehead atoms. The summed E-state index contributed by atoms with van der Waals surface area (Å²) in [6.07, 6.45) is 12.6. The quantitative estimate of drug-likeness (QED) is 0.702. The van der Waals surface area contributed by atoms with Crippen molar-refractivity contribution in [1.29, 1.82) is 0 Å². The maximum Gasteiger partial charge on any atom is 0.0319 e. The normalized spacial score (nSPS) is 17.2. The molecule has 0 atom stereocenters. The molecule has 92 valence electrons. The van der Waals surface area contributed by atoms with Gasteiger partial charge in [0.2, 0.25) is 0 Å². The lowest BCUT2D eigenvalue weighted by Gasteiger charge is -2.23. The molecule has 0 aromatic heterocycles. The first kappa shape index (κ1) is 15.1. The van der Waals surface area contributed by atoms with Crippen LogP contribution in [0, 0.1) is 0 Å². The molecule has 0 unspecified atom stereocenters. The monoisotopic (exact) mass is 223 g/mol. The second-order valence-corrected chi connectivity index (χ2v) is 3.90. The van der Waals surface area contributed by atoms with E-state index < -0.39 is 0 Å². The predicted molar refractivity (Wildman–Crippen MR) is 71.5 cm³/mol. The largest absolute Gasteiger partial charge is 0.400 e. The molecule has 1 fully saturated rings. The second kappa shape index (κ2) is 10.7. The molecule has 1 rings (SSSR count). The number of nitrogens with one attached hydrogen (secondary N) is 1. The van der Waals surface area contributed by atoms with Gasteiger partial charge in [-0.3, -0.25) is 0 Å². The average molecular weight is 223 g/mol. The molecule has 0 spiro atoms. The lowest BCUT2D eigenvalue weighted by Crippen LogP contribution is -2.32. The van der Waals surface area contributed by atoms with Gasteiger partial charge in [-0.15, -0.1) is 0 Å². The van der Waals surface area contributed by atoms with Gasteiger partial charge in [0, 0.05) is 19.7 Å². The van der Waals surface area contributed by atoms with E-state index in [0.717, 1.165) is 19.7 Å². The molecule has 0 aliphatic heterocycles. The number of rotatable bonds is 5. The number of allylic oxidation sites excluding steroid dienone is 2. The van der Waals surface area contributed by atoms with Crippen molar-refractivity contribution in [3.05, 3.63) is 37.0 Å². The number of hydrogen-bond acceptors (Lipinski definition) is 2. The second-order valence-electron chi connectivity index (χ2n) is 3.90. The van der Waals surface area contributed by atoms with Gasteiger partial charge < -0.3 is 10.4 Å². The van der Waals surface area contributed by atoms with Gasteiger partial charge in [0.25, 0.3) is 0 Å². The zero-order valence-corrected chi connectivity index (χ0v) is 10.4. The minimum absolute atomic E-state index is 0.719. The molecule has 0 aromatic rings. The van der Waals surface area contributed by atoms with Crippen LogP contribution in [0.15, 0.2) is 37.0 Å². The number of hydrogen-bond donors (Lipinski definition) is 2. The summed E-state index contributed by atoms with van der Waals surface area (Å²) in [5.74, 6) is 0. The third-order valence-corrected chi connectivity index (χ3v) is 2.79. The molecule has 0 radical (unpaired) electrons. The van der Waals surface area contributed by atoms with Crippen molar-refractivity contribution in [2.24, 2.45) is 0 Å². The van der Waals surface area contributed by atoms with Crippen molar-refractivity contribution in [3.8, 4) is 0 Å². The Balaban J connectivity index is 0.00000106. The van der Waals surface area contributed by atoms with Crippen LogP contribution in [0.1, 0.15) is 32.1 Å². The molecule has 1 saturated carbocycles. The average Bonchev–Trinajstić information content (AvgIpc) is 2.38. The third kappa shape index (κ3) is 6.59. The summed E-state index contributed by atoms with van der Waals surface area (Å²) < 4.78 is 0. The first-order valence-corrected chi connectivity index (χ1v) is 5.99. The van der Waals surface area contributed by atoms with E-state index in [2.05, 4.69) is 18.5 Å². The molecule has 2 heteroatoms. The van der Waals surface area contributed by atoms with Crippen LogP contribution in [0.5, 0.6) is 0 Å². The Bertz CT molecular complexity index is 215. The smallest absolute Gasteiger partial charge is 0.0319 e. The van der Waals surface area contributed by atoms with E-state index in [1.165, 1.54) is 37.7 Å². The molecule has 2 nitrogen and oxygen atoms in total. The molecule has 1 aliphatic carbocycles. The third-order valence-electron chi connectivity index (χ3n) is 2.79. The van der Waals surface area contributed by atoms with Crippen molar-refractivity contribution >= 4 is 0 Å². The molecular weight excluding hydrogens is 198 g/mol. The van der Waals surface area contributed by atoms with Crippen LogP contribution in [0.2, 0.25) is 0 Å². The highest BCUT2D eigenvalue weighted by Gasteiger charge is 2.11. The van der Waals surface area contributed by atoms with Gasteiger partial charge >= 0.3 is 0 Å². The van der Waals surface area contributed by atoms with E-state index in [9.17, 15) is 0 Å². The van der Waals surface area contributed by atoms with Crippen molar-refractivity contribution in [2.45, 2.75) is 38.1 Å². The minimum Gasteiger partial charge on any atom is -0.400 e. The molecule has 2 N–H and O–H groups in total. The molecule has 1 aliphatic rings. The summed E-state index contributed by atoms with van der Waals surface area (Å²) in [4.78, 5) is 0. The van der Waals surface area contributed by atoms with Crippen LogP contribution in [0.3, 0.4) is 0 Å². The molecule has 0 saturated heterocycles. The van der Waals surface area contributed by atoms with Gasteiger partial charge in [0.1, 0.15) is 0 Å². The SMILES string of the molecule is C=C/C=C(\C=C)CNC1CCCCC1.CO. The first-order valence-electron chi connectivity index (χ1n) is 5.99. The van der Waals surface area contributed by atoms with Crippen LogP contribution >= 0.6 is 0 Å². The maximum absolute atomic E-state index is 7.00. The Morgan fingerprint density at radius 1 is 1.25 bits per heavy atom. The van der Waals surface area contributed by atoms with E-state index in [1.807, 2.05) is 18.2 Å². The maximum atomic E-state index is 7.00. The van der Waals surface area contributed by atoms with Gasteiger partial charge in [-0.1, -0.05) is 50.6 Å². The van der Waals surface area contributed by atoms with Crippen molar-refractivity contribution in [3.63, 3.8) is 0 Å². The van der Waals surface area contributed by atoms with Crippen molar-refractivity contribution < 1.29 is 5.11 Å². The van der Waals surface area contributed by atoms with Gasteiger partial charge in [-0.2, -0.15) is 0 Å². The van der Waals surface area contributed by atoms with Crippen LogP contribution in [0.25, 0.3) is 0 Å². The lowest BCUT2D eigenvalue weighted by molar-refractivity contribution is 0.383. The van der Waals surface area contributed by atoms with Crippen molar-refractivity contribution in [1.82, 2.24) is 5.32 Å². The van der Waals surface area contributed by atoms with E-state index in [1.54, 1.807) is 0 Å². The first-order chi connectivity index (χ1) is 7.86. The zero-order valence-electron chi connectivity index (χ0n) is 10.4. The zero-order chi connectivity index (χ0) is 12.2. The fourth-order valence-corrected chi connectivity index (χ4v) is 1.92. The highest BCUT2D eigenvalue weighted by molar-refractivity contribution is 5.22. The number of aliphatic hydroxyl groups excluding tert-OH is 1.